The molecule has 1 aliphatic heterocycles. The molecule has 0 N–H and O–H groups in total. The molecule has 3 heteroatoms. The first-order chi connectivity index (χ1) is 13.7. The van der Waals surface area contributed by atoms with E-state index >= 15 is 0 Å². The second-order valence-electron chi connectivity index (χ2n) is 7.73. The molecule has 0 amide bonds. The van der Waals surface area contributed by atoms with E-state index in [1.54, 1.807) is 6.07 Å². The molecular weight excluding hydrogens is 346 g/mol. The number of carbonyl (C=O) groups excluding carboxylic acids is 1. The molecule has 3 aromatic carbocycles. The van der Waals surface area contributed by atoms with Gasteiger partial charge in [0.2, 0.25) is 0 Å². The molecule has 1 unspecified atom stereocenters. The van der Waals surface area contributed by atoms with E-state index in [0.717, 1.165) is 30.4 Å². The van der Waals surface area contributed by atoms with Crippen molar-refractivity contribution in [2.45, 2.75) is 31.3 Å². The lowest BCUT2D eigenvalue weighted by atomic mass is 9.75. The third-order valence-electron chi connectivity index (χ3n) is 5.90. The van der Waals surface area contributed by atoms with Crippen molar-refractivity contribution in [2.75, 3.05) is 0 Å². The van der Waals surface area contributed by atoms with E-state index in [9.17, 15) is 4.79 Å². The monoisotopic (exact) mass is 365 g/mol. The first kappa shape index (κ1) is 16.8. The van der Waals surface area contributed by atoms with Crippen molar-refractivity contribution >= 4 is 5.78 Å². The van der Waals surface area contributed by atoms with Crippen molar-refractivity contribution in [1.82, 2.24) is 0 Å². The number of carbonyl (C=O) groups is 1. The van der Waals surface area contributed by atoms with Crippen LogP contribution in [0, 0.1) is 11.3 Å². The Hall–Kier alpha value is -3.38. The van der Waals surface area contributed by atoms with E-state index in [2.05, 4.69) is 30.3 Å². The zero-order chi connectivity index (χ0) is 19.1. The predicted molar refractivity (Wildman–Crippen MR) is 107 cm³/mol. The number of nitriles is 1. The van der Waals surface area contributed by atoms with Gasteiger partial charge in [-0.1, -0.05) is 42.5 Å². The van der Waals surface area contributed by atoms with E-state index in [0.29, 0.717) is 23.3 Å². The number of fused-ring (bicyclic) bond motifs is 2. The maximum atomic E-state index is 13.0. The highest BCUT2D eigenvalue weighted by molar-refractivity contribution is 6.01. The van der Waals surface area contributed by atoms with Gasteiger partial charge in [-0.25, -0.2) is 0 Å². The summed E-state index contributed by atoms with van der Waals surface area (Å²) in [5.74, 6) is 0.815. The van der Waals surface area contributed by atoms with Crippen molar-refractivity contribution in [3.8, 4) is 22.9 Å². The van der Waals surface area contributed by atoms with Crippen molar-refractivity contribution < 1.29 is 9.53 Å². The van der Waals surface area contributed by atoms with Crippen LogP contribution in [0.25, 0.3) is 11.1 Å². The molecule has 5 rings (SSSR count). The van der Waals surface area contributed by atoms with Crippen LogP contribution in [-0.2, 0) is 12.8 Å². The molecule has 3 aromatic rings. The molecule has 1 aliphatic carbocycles. The molecule has 0 aromatic heterocycles. The third-order valence-corrected chi connectivity index (χ3v) is 5.90. The molecule has 0 bridgehead atoms. The molecule has 1 atom stereocenters. The van der Waals surface area contributed by atoms with Crippen molar-refractivity contribution in [3.05, 3.63) is 89.0 Å². The first-order valence-corrected chi connectivity index (χ1v) is 9.59. The summed E-state index contributed by atoms with van der Waals surface area (Å²) in [7, 11) is 0. The van der Waals surface area contributed by atoms with Gasteiger partial charge in [0.05, 0.1) is 23.6 Å². The lowest BCUT2D eigenvalue weighted by Gasteiger charge is -2.41. The van der Waals surface area contributed by atoms with Crippen molar-refractivity contribution in [1.29, 1.82) is 5.26 Å². The number of hydrogen-bond acceptors (Lipinski definition) is 3. The van der Waals surface area contributed by atoms with Crippen LogP contribution in [-0.4, -0.2) is 11.4 Å². The second kappa shape index (κ2) is 6.35. The smallest absolute Gasteiger partial charge is 0.170 e. The van der Waals surface area contributed by atoms with E-state index < -0.39 is 5.60 Å². The molecule has 1 heterocycles. The highest BCUT2D eigenvalue weighted by atomic mass is 16.5. The van der Waals surface area contributed by atoms with Crippen LogP contribution < -0.4 is 4.74 Å². The molecule has 3 nitrogen and oxygen atoms in total. The molecule has 2 aliphatic rings. The Morgan fingerprint density at radius 2 is 1.71 bits per heavy atom. The van der Waals surface area contributed by atoms with Gasteiger partial charge in [0.25, 0.3) is 0 Å². The second-order valence-corrected chi connectivity index (χ2v) is 7.73. The topological polar surface area (TPSA) is 50.1 Å². The van der Waals surface area contributed by atoms with Crippen LogP contribution in [0.15, 0.2) is 66.7 Å². The van der Waals surface area contributed by atoms with Gasteiger partial charge in [-0.2, -0.15) is 5.26 Å². The summed E-state index contributed by atoms with van der Waals surface area (Å²) in [5.41, 5.74) is 5.33. The standard InChI is InChI=1S/C25H19NO2/c26-16-17-4-3-7-19(12-17)20-8-9-24-22(13-20)23(27)15-25(28-24)11-10-18-5-1-2-6-21(18)14-25/h1-9,12-13H,10-11,14-15H2. The largest absolute Gasteiger partial charge is 0.486 e. The van der Waals surface area contributed by atoms with E-state index in [-0.39, 0.29) is 5.78 Å². The predicted octanol–water partition coefficient (Wildman–Crippen LogP) is 5.12. The first-order valence-electron chi connectivity index (χ1n) is 9.59. The quantitative estimate of drug-likeness (QED) is 0.601. The van der Waals surface area contributed by atoms with Gasteiger partial charge in [-0.3, -0.25) is 4.79 Å². The Labute approximate surface area is 164 Å². The van der Waals surface area contributed by atoms with Crippen LogP contribution in [0.2, 0.25) is 0 Å². The summed E-state index contributed by atoms with van der Waals surface area (Å²) in [6, 6.07) is 23.8. The number of Topliss-reactive ketones (excluding diaryl/α,β-unsaturated/α-hetero) is 1. The van der Waals surface area contributed by atoms with Crippen LogP contribution in [0.1, 0.15) is 39.9 Å². The Bertz CT molecular complexity index is 1140. The lowest BCUT2D eigenvalue weighted by molar-refractivity contribution is 0.0308. The Morgan fingerprint density at radius 3 is 2.57 bits per heavy atom. The maximum Gasteiger partial charge on any atom is 0.170 e. The van der Waals surface area contributed by atoms with Gasteiger partial charge in [0, 0.05) is 6.42 Å². The number of ketones is 1. The van der Waals surface area contributed by atoms with Gasteiger partial charge in [0.1, 0.15) is 11.4 Å². The van der Waals surface area contributed by atoms with Crippen LogP contribution in [0.5, 0.6) is 5.75 Å². The molecule has 28 heavy (non-hydrogen) atoms. The van der Waals surface area contributed by atoms with Gasteiger partial charge in [-0.15, -0.1) is 0 Å². The highest BCUT2D eigenvalue weighted by Gasteiger charge is 2.42. The molecule has 0 saturated carbocycles. The third kappa shape index (κ3) is 2.78. The number of rotatable bonds is 1. The normalized spacial score (nSPS) is 20.0. The SMILES string of the molecule is N#Cc1cccc(-c2ccc3c(c2)C(=O)CC2(CCc4ccccc4C2)O3)c1. The van der Waals surface area contributed by atoms with Crippen molar-refractivity contribution in [3.63, 3.8) is 0 Å². The molecule has 1 spiro atoms. The molecule has 0 radical (unpaired) electrons. The summed E-state index contributed by atoms with van der Waals surface area (Å²) in [5, 5.41) is 9.13. The van der Waals surface area contributed by atoms with E-state index in [1.165, 1.54) is 11.1 Å². The fourth-order valence-electron chi connectivity index (χ4n) is 4.45. The highest BCUT2D eigenvalue weighted by Crippen LogP contribution is 2.42. The summed E-state index contributed by atoms with van der Waals surface area (Å²) >= 11 is 0. The fraction of sp³-hybridized carbons (Fsp3) is 0.200. The van der Waals surface area contributed by atoms with E-state index in [1.807, 2.05) is 36.4 Å². The van der Waals surface area contributed by atoms with E-state index in [4.69, 9.17) is 10.00 Å². The molecule has 0 fully saturated rings. The van der Waals surface area contributed by atoms with Gasteiger partial charge >= 0.3 is 0 Å². The summed E-state index contributed by atoms with van der Waals surface area (Å²) in [4.78, 5) is 13.0. The van der Waals surface area contributed by atoms with Gasteiger partial charge in [-0.05, 0) is 59.4 Å². The van der Waals surface area contributed by atoms with Crippen LogP contribution >= 0.6 is 0 Å². The zero-order valence-corrected chi connectivity index (χ0v) is 15.4. The van der Waals surface area contributed by atoms with Gasteiger partial charge < -0.3 is 4.74 Å². The minimum atomic E-state index is -0.430. The molecular formula is C25H19NO2. The Morgan fingerprint density at radius 1 is 0.893 bits per heavy atom. The fourth-order valence-corrected chi connectivity index (χ4v) is 4.45. The average molecular weight is 365 g/mol. The average Bonchev–Trinajstić information content (AvgIpc) is 2.73. The minimum absolute atomic E-state index is 0.138. The number of aryl methyl sites for hydroxylation is 1. The molecule has 136 valence electrons. The number of hydrogen-bond donors (Lipinski definition) is 0. The summed E-state index contributed by atoms with van der Waals surface area (Å²) < 4.78 is 6.45. The minimum Gasteiger partial charge on any atom is -0.486 e. The molecule has 0 saturated heterocycles. The Balaban J connectivity index is 1.49. The summed E-state index contributed by atoms with van der Waals surface area (Å²) in [6.07, 6.45) is 3.00. The summed E-state index contributed by atoms with van der Waals surface area (Å²) in [6.45, 7) is 0. The number of benzene rings is 3. The van der Waals surface area contributed by atoms with Crippen molar-refractivity contribution in [2.24, 2.45) is 0 Å². The number of ether oxygens (including phenoxy) is 1. The Kier molecular flexibility index (Phi) is 3.80. The van der Waals surface area contributed by atoms with Crippen LogP contribution in [0.4, 0.5) is 0 Å². The van der Waals surface area contributed by atoms with Crippen LogP contribution in [0.3, 0.4) is 0 Å². The lowest BCUT2D eigenvalue weighted by Crippen LogP contribution is -2.46. The zero-order valence-electron chi connectivity index (χ0n) is 15.4. The maximum absolute atomic E-state index is 13.0. The number of nitrogens with zero attached hydrogens (tertiary/aromatic N) is 1. The van der Waals surface area contributed by atoms with Gasteiger partial charge in [0.15, 0.2) is 5.78 Å².